The summed E-state index contributed by atoms with van der Waals surface area (Å²) >= 11 is 0. The fourth-order valence-electron chi connectivity index (χ4n) is 4.06. The van der Waals surface area contributed by atoms with E-state index in [-0.39, 0.29) is 5.56 Å². The van der Waals surface area contributed by atoms with Crippen LogP contribution in [0.5, 0.6) is 0 Å². The summed E-state index contributed by atoms with van der Waals surface area (Å²) in [7, 11) is 1.78. The van der Waals surface area contributed by atoms with Gasteiger partial charge in [-0.1, -0.05) is 74.0 Å². The Morgan fingerprint density at radius 3 is 2.35 bits per heavy atom. The van der Waals surface area contributed by atoms with Crippen LogP contribution < -0.4 is 21.5 Å². The van der Waals surface area contributed by atoms with E-state index in [0.29, 0.717) is 17.3 Å². The molecule has 3 aromatic rings. The fraction of sp³-hybridized carbons (Fsp3) is 0.233. The molecule has 1 unspecified atom stereocenters. The van der Waals surface area contributed by atoms with E-state index in [4.69, 9.17) is 11.6 Å². The quantitative estimate of drug-likeness (QED) is 0.177. The Morgan fingerprint density at radius 2 is 1.73 bits per heavy atom. The molecule has 0 saturated carbocycles. The van der Waals surface area contributed by atoms with E-state index in [1.54, 1.807) is 36.3 Å². The van der Waals surface area contributed by atoms with E-state index in [0.717, 1.165) is 34.3 Å². The molecular formula is C30H35F2N5. The number of aryl methyl sites for hydroxylation is 1. The summed E-state index contributed by atoms with van der Waals surface area (Å²) in [5.41, 5.74) is 9.87. The van der Waals surface area contributed by atoms with E-state index in [2.05, 4.69) is 37.7 Å². The van der Waals surface area contributed by atoms with Crippen molar-refractivity contribution in [2.24, 2.45) is 16.6 Å². The zero-order valence-electron chi connectivity index (χ0n) is 21.8. The first-order chi connectivity index (χ1) is 17.6. The van der Waals surface area contributed by atoms with Gasteiger partial charge in [-0.3, -0.25) is 10.0 Å². The summed E-state index contributed by atoms with van der Waals surface area (Å²) < 4.78 is 31.4. The van der Waals surface area contributed by atoms with Crippen LogP contribution in [0.25, 0.3) is 11.1 Å². The van der Waals surface area contributed by atoms with E-state index in [1.807, 2.05) is 31.2 Å². The lowest BCUT2D eigenvalue weighted by molar-refractivity contribution is 0.0346. The summed E-state index contributed by atoms with van der Waals surface area (Å²) in [6.07, 6.45) is 5.06. The van der Waals surface area contributed by atoms with E-state index >= 15 is 8.78 Å². The zero-order chi connectivity index (χ0) is 27.2. The lowest BCUT2D eigenvalue weighted by Gasteiger charge is -2.31. The van der Waals surface area contributed by atoms with E-state index in [1.165, 1.54) is 23.9 Å². The average molecular weight is 504 g/mol. The van der Waals surface area contributed by atoms with Gasteiger partial charge < -0.3 is 10.6 Å². The second-order valence-corrected chi connectivity index (χ2v) is 9.09. The summed E-state index contributed by atoms with van der Waals surface area (Å²) in [6.45, 7) is 9.62. The fourth-order valence-corrected chi connectivity index (χ4v) is 4.06. The van der Waals surface area contributed by atoms with Crippen LogP contribution in [-0.2, 0) is 5.92 Å². The molecular weight excluding hydrogens is 468 g/mol. The lowest BCUT2D eigenvalue weighted by atomic mass is 9.94. The van der Waals surface area contributed by atoms with Crippen LogP contribution >= 0.6 is 0 Å². The van der Waals surface area contributed by atoms with Gasteiger partial charge in [-0.2, -0.15) is 8.78 Å². The van der Waals surface area contributed by atoms with Gasteiger partial charge in [0.1, 0.15) is 5.70 Å². The van der Waals surface area contributed by atoms with Gasteiger partial charge in [0.25, 0.3) is 0 Å². The van der Waals surface area contributed by atoms with Crippen molar-refractivity contribution in [2.45, 2.75) is 39.0 Å². The number of hydrazine groups is 1. The van der Waals surface area contributed by atoms with Gasteiger partial charge in [0.05, 0.1) is 11.4 Å². The Bertz CT molecular complexity index is 1280. The number of nitrogens with zero attached hydrogens (tertiary/aromatic N) is 3. The van der Waals surface area contributed by atoms with Crippen molar-refractivity contribution in [1.29, 1.82) is 0 Å². The van der Waals surface area contributed by atoms with Crippen molar-refractivity contribution in [3.05, 3.63) is 108 Å². The van der Waals surface area contributed by atoms with Crippen LogP contribution in [0.3, 0.4) is 0 Å². The van der Waals surface area contributed by atoms with Crippen molar-refractivity contribution < 1.29 is 8.78 Å². The maximum Gasteiger partial charge on any atom is 0.315 e. The summed E-state index contributed by atoms with van der Waals surface area (Å²) in [4.78, 5) is 5.48. The molecule has 0 fully saturated rings. The number of allylic oxidation sites excluding steroid dienone is 1. The predicted molar refractivity (Wildman–Crippen MR) is 152 cm³/mol. The summed E-state index contributed by atoms with van der Waals surface area (Å²) in [5.74, 6) is 3.40. The van der Waals surface area contributed by atoms with Crippen molar-refractivity contribution in [2.75, 3.05) is 17.0 Å². The van der Waals surface area contributed by atoms with E-state index in [9.17, 15) is 0 Å². The molecule has 0 aliphatic carbocycles. The summed E-state index contributed by atoms with van der Waals surface area (Å²) in [6, 6.07) is 19.8. The third-order valence-electron chi connectivity index (χ3n) is 6.57. The normalized spacial score (nSPS) is 13.0. The molecule has 1 atom stereocenters. The maximum atomic E-state index is 15.7. The number of alkyl halides is 2. The molecule has 0 amide bonds. The van der Waals surface area contributed by atoms with Gasteiger partial charge in [-0.25, -0.2) is 5.84 Å². The molecule has 3 aromatic carbocycles. The van der Waals surface area contributed by atoms with Gasteiger partial charge in [-0.05, 0) is 54.8 Å². The second-order valence-electron chi connectivity index (χ2n) is 9.09. The monoisotopic (exact) mass is 503 g/mol. The number of benzene rings is 3. The molecule has 0 heterocycles. The second kappa shape index (κ2) is 11.8. The number of aliphatic imine (C=N–C) groups is 1. The Hall–Kier alpha value is -3.97. The Balaban J connectivity index is 2.15. The Labute approximate surface area is 218 Å². The van der Waals surface area contributed by atoms with Crippen molar-refractivity contribution >= 4 is 18.1 Å². The highest BCUT2D eigenvalue weighted by atomic mass is 19.3. The molecule has 0 aliphatic heterocycles. The maximum absolute atomic E-state index is 15.7. The Morgan fingerprint density at radius 1 is 1.05 bits per heavy atom. The molecule has 37 heavy (non-hydrogen) atoms. The van der Waals surface area contributed by atoms with Crippen molar-refractivity contribution in [1.82, 2.24) is 0 Å². The number of nitrogens with two attached hydrogens (primary N) is 2. The van der Waals surface area contributed by atoms with Crippen LogP contribution in [0.4, 0.5) is 20.2 Å². The molecule has 0 aliphatic rings. The third kappa shape index (κ3) is 6.06. The smallest absolute Gasteiger partial charge is 0.315 e. The largest absolute Gasteiger partial charge is 0.403 e. The van der Waals surface area contributed by atoms with Gasteiger partial charge in [0.15, 0.2) is 0 Å². The average Bonchev–Trinajstić information content (AvgIpc) is 2.91. The van der Waals surface area contributed by atoms with Gasteiger partial charge in [-0.15, -0.1) is 0 Å². The predicted octanol–water partition coefficient (Wildman–Crippen LogP) is 7.06. The minimum atomic E-state index is -3.43. The highest BCUT2D eigenvalue weighted by Crippen LogP contribution is 2.41. The van der Waals surface area contributed by atoms with Crippen molar-refractivity contribution in [3.63, 3.8) is 0 Å². The van der Waals surface area contributed by atoms with Crippen LogP contribution in [0.1, 0.15) is 42.9 Å². The third-order valence-corrected chi connectivity index (χ3v) is 6.57. The van der Waals surface area contributed by atoms with Gasteiger partial charge in [0.2, 0.25) is 0 Å². The minimum Gasteiger partial charge on any atom is -0.403 e. The van der Waals surface area contributed by atoms with Crippen LogP contribution in [-0.4, -0.2) is 13.8 Å². The van der Waals surface area contributed by atoms with Crippen LogP contribution in [0.2, 0.25) is 0 Å². The number of rotatable bonds is 10. The van der Waals surface area contributed by atoms with Gasteiger partial charge in [0, 0.05) is 31.2 Å². The molecule has 0 bridgehead atoms. The van der Waals surface area contributed by atoms with Crippen LogP contribution in [0.15, 0.2) is 96.0 Å². The summed E-state index contributed by atoms with van der Waals surface area (Å²) in [5, 5.41) is 0.961. The van der Waals surface area contributed by atoms with E-state index < -0.39 is 11.6 Å². The first-order valence-corrected chi connectivity index (χ1v) is 12.2. The number of hydrogen-bond donors (Lipinski definition) is 2. The minimum absolute atomic E-state index is 0.201. The highest BCUT2D eigenvalue weighted by Gasteiger charge is 2.40. The number of hydrogen-bond acceptors (Lipinski definition) is 5. The first-order valence-electron chi connectivity index (χ1n) is 12.2. The molecule has 0 spiro atoms. The standard InChI is InChI=1S/C30H35F2N5/c1-6-22(3)23-8-7-9-24(18-23)25-12-15-27(36(5)17-16-35-4)28(19-25)37(34)29(20-33)30(31,32)26-13-10-21(2)11-14-26/h7-20,22H,4,6,33-34H2,1-3,5H3/b17-16-,29-20-. The van der Waals surface area contributed by atoms with Crippen molar-refractivity contribution in [3.8, 4) is 11.1 Å². The first kappa shape index (κ1) is 27.6. The topological polar surface area (TPSA) is 70.9 Å². The molecule has 0 radical (unpaired) electrons. The molecule has 0 saturated heterocycles. The lowest BCUT2D eigenvalue weighted by Crippen LogP contribution is -2.39. The number of anilines is 2. The zero-order valence-corrected chi connectivity index (χ0v) is 21.8. The molecule has 5 nitrogen and oxygen atoms in total. The number of halogens is 2. The molecule has 4 N–H and O–H groups in total. The SMILES string of the molecule is C=N/C=C\N(C)c1ccc(-c2cccc(C(C)CC)c2)cc1N(N)/C(=C\N)C(F)(F)c1ccc(C)cc1. The molecule has 3 rings (SSSR count). The highest BCUT2D eigenvalue weighted by molar-refractivity contribution is 5.81. The molecule has 0 aromatic heterocycles. The Kier molecular flexibility index (Phi) is 8.84. The molecule has 7 heteroatoms. The van der Waals surface area contributed by atoms with Gasteiger partial charge >= 0.3 is 5.92 Å². The molecule has 194 valence electrons. The van der Waals surface area contributed by atoms with Crippen LogP contribution in [0, 0.1) is 6.92 Å².